The minimum Gasteiger partial charge on any atom is -0.508 e. The van der Waals surface area contributed by atoms with Crippen molar-refractivity contribution in [2.75, 3.05) is 6.54 Å². The summed E-state index contributed by atoms with van der Waals surface area (Å²) in [4.78, 5) is 22.3. The van der Waals surface area contributed by atoms with Crippen molar-refractivity contribution in [2.45, 2.75) is 26.2 Å². The van der Waals surface area contributed by atoms with Crippen LogP contribution in [0.2, 0.25) is 5.02 Å². The summed E-state index contributed by atoms with van der Waals surface area (Å²) in [6, 6.07) is 4.18. The molecular formula is C14H18ClNO4. The predicted octanol–water partition coefficient (Wildman–Crippen LogP) is 2.67. The van der Waals surface area contributed by atoms with Crippen LogP contribution in [0.4, 0.5) is 0 Å². The highest BCUT2D eigenvalue weighted by Crippen LogP contribution is 2.21. The molecule has 110 valence electrons. The molecule has 0 aliphatic heterocycles. The molecule has 20 heavy (non-hydrogen) atoms. The first-order valence-corrected chi connectivity index (χ1v) is 6.76. The largest absolute Gasteiger partial charge is 0.508 e. The smallest absolute Gasteiger partial charge is 0.303 e. The van der Waals surface area contributed by atoms with Crippen LogP contribution in [0.1, 0.15) is 36.5 Å². The molecule has 1 rings (SSSR count). The lowest BCUT2D eigenvalue weighted by Crippen LogP contribution is -2.26. The fourth-order valence-electron chi connectivity index (χ4n) is 1.73. The minimum absolute atomic E-state index is 0.0191. The van der Waals surface area contributed by atoms with Crippen LogP contribution in [-0.2, 0) is 4.79 Å². The van der Waals surface area contributed by atoms with Gasteiger partial charge in [0.25, 0.3) is 5.91 Å². The molecule has 0 radical (unpaired) electrons. The molecule has 6 heteroatoms. The second-order valence-corrected chi connectivity index (χ2v) is 5.15. The number of aliphatic carboxylic acids is 1. The topological polar surface area (TPSA) is 86.6 Å². The van der Waals surface area contributed by atoms with Crippen molar-refractivity contribution < 1.29 is 19.8 Å². The van der Waals surface area contributed by atoms with Gasteiger partial charge < -0.3 is 15.5 Å². The van der Waals surface area contributed by atoms with Crippen LogP contribution >= 0.6 is 11.6 Å². The van der Waals surface area contributed by atoms with Gasteiger partial charge in [-0.3, -0.25) is 9.59 Å². The fraction of sp³-hybridized carbons (Fsp3) is 0.429. The number of aromatic hydroxyl groups is 1. The Balaban J connectivity index is 2.40. The number of benzene rings is 1. The second-order valence-electron chi connectivity index (χ2n) is 4.75. The van der Waals surface area contributed by atoms with Crippen molar-refractivity contribution in [2.24, 2.45) is 5.92 Å². The Hall–Kier alpha value is -1.75. The quantitative estimate of drug-likeness (QED) is 0.722. The Labute approximate surface area is 122 Å². The summed E-state index contributed by atoms with van der Waals surface area (Å²) < 4.78 is 0. The maximum Gasteiger partial charge on any atom is 0.303 e. The van der Waals surface area contributed by atoms with Crippen molar-refractivity contribution in [3.05, 3.63) is 28.8 Å². The highest BCUT2D eigenvalue weighted by atomic mass is 35.5. The molecule has 0 aliphatic carbocycles. The molecule has 1 atom stereocenters. The Bertz CT molecular complexity index is 490. The molecule has 0 fully saturated rings. The summed E-state index contributed by atoms with van der Waals surface area (Å²) in [5.41, 5.74) is 0.227. The number of rotatable bonds is 7. The van der Waals surface area contributed by atoms with Gasteiger partial charge in [0.05, 0.1) is 10.6 Å². The summed E-state index contributed by atoms with van der Waals surface area (Å²) in [5.74, 6) is -0.968. The van der Waals surface area contributed by atoms with Crippen LogP contribution in [0.5, 0.6) is 5.75 Å². The number of carbonyl (C=O) groups excluding carboxylic acids is 1. The zero-order valence-electron chi connectivity index (χ0n) is 11.2. The number of hydrogen-bond donors (Lipinski definition) is 3. The number of hydrogen-bond acceptors (Lipinski definition) is 3. The maximum atomic E-state index is 11.9. The molecule has 0 aromatic heterocycles. The van der Waals surface area contributed by atoms with Crippen LogP contribution in [0.15, 0.2) is 18.2 Å². The minimum atomic E-state index is -0.813. The Morgan fingerprint density at radius 3 is 2.70 bits per heavy atom. The first-order chi connectivity index (χ1) is 9.40. The van der Waals surface area contributed by atoms with Crippen LogP contribution in [-0.4, -0.2) is 28.6 Å². The lowest BCUT2D eigenvalue weighted by Gasteiger charge is -2.11. The number of carbonyl (C=O) groups is 2. The van der Waals surface area contributed by atoms with Gasteiger partial charge in [-0.15, -0.1) is 0 Å². The van der Waals surface area contributed by atoms with E-state index in [2.05, 4.69) is 5.32 Å². The number of carboxylic acids is 1. The first-order valence-electron chi connectivity index (χ1n) is 6.38. The Morgan fingerprint density at radius 2 is 2.05 bits per heavy atom. The third kappa shape index (κ3) is 5.48. The molecule has 0 saturated carbocycles. The standard InChI is InChI=1S/C14H18ClNO4/c1-9(2-5-13(18)19)6-7-16-14(20)11-8-10(17)3-4-12(11)15/h3-4,8-9,17H,2,5-7H2,1H3,(H,16,20)(H,18,19). The number of phenols is 1. The number of nitrogens with one attached hydrogen (secondary N) is 1. The van der Waals surface area contributed by atoms with E-state index in [9.17, 15) is 14.7 Å². The summed E-state index contributed by atoms with van der Waals surface area (Å²) in [6.07, 6.45) is 1.40. The molecule has 5 nitrogen and oxygen atoms in total. The van der Waals surface area contributed by atoms with E-state index < -0.39 is 5.97 Å². The average molecular weight is 300 g/mol. The zero-order valence-corrected chi connectivity index (χ0v) is 12.0. The van der Waals surface area contributed by atoms with Crippen LogP contribution in [0.25, 0.3) is 0 Å². The molecule has 0 heterocycles. The first kappa shape index (κ1) is 16.3. The average Bonchev–Trinajstić information content (AvgIpc) is 2.39. The highest BCUT2D eigenvalue weighted by molar-refractivity contribution is 6.33. The van der Waals surface area contributed by atoms with Crippen molar-refractivity contribution in [3.63, 3.8) is 0 Å². The summed E-state index contributed by atoms with van der Waals surface area (Å²) in [6.45, 7) is 2.38. The third-order valence-electron chi connectivity index (χ3n) is 2.97. The van der Waals surface area contributed by atoms with E-state index in [0.29, 0.717) is 19.4 Å². The highest BCUT2D eigenvalue weighted by Gasteiger charge is 2.11. The number of phenolic OH excluding ortho intramolecular Hbond substituents is 1. The number of halogens is 1. The molecule has 0 aliphatic rings. The van der Waals surface area contributed by atoms with Gasteiger partial charge in [0.15, 0.2) is 0 Å². The molecule has 0 bridgehead atoms. The van der Waals surface area contributed by atoms with E-state index in [4.69, 9.17) is 16.7 Å². The summed E-state index contributed by atoms with van der Waals surface area (Å²) in [5, 5.41) is 20.9. The third-order valence-corrected chi connectivity index (χ3v) is 3.30. The van der Waals surface area contributed by atoms with Crippen LogP contribution in [0.3, 0.4) is 0 Å². The van der Waals surface area contributed by atoms with E-state index >= 15 is 0 Å². The molecular weight excluding hydrogens is 282 g/mol. The number of carboxylic acid groups (broad SMARTS) is 1. The maximum absolute atomic E-state index is 11.9. The van der Waals surface area contributed by atoms with E-state index in [0.717, 1.165) is 0 Å². The van der Waals surface area contributed by atoms with E-state index in [1.165, 1.54) is 18.2 Å². The van der Waals surface area contributed by atoms with Gasteiger partial charge in [-0.1, -0.05) is 18.5 Å². The van der Waals surface area contributed by atoms with Gasteiger partial charge >= 0.3 is 5.97 Å². The second kappa shape index (κ2) is 7.75. The Kier molecular flexibility index (Phi) is 6.31. The van der Waals surface area contributed by atoms with Crippen LogP contribution < -0.4 is 5.32 Å². The molecule has 3 N–H and O–H groups in total. The van der Waals surface area contributed by atoms with Gasteiger partial charge in [-0.2, -0.15) is 0 Å². The summed E-state index contributed by atoms with van der Waals surface area (Å²) in [7, 11) is 0. The zero-order chi connectivity index (χ0) is 15.1. The lowest BCUT2D eigenvalue weighted by atomic mass is 10.0. The lowest BCUT2D eigenvalue weighted by molar-refractivity contribution is -0.137. The normalized spacial score (nSPS) is 11.9. The van der Waals surface area contributed by atoms with Crippen LogP contribution in [0, 0.1) is 5.92 Å². The van der Waals surface area contributed by atoms with Gasteiger partial charge in [-0.05, 0) is 37.0 Å². The van der Waals surface area contributed by atoms with Gasteiger partial charge in [-0.25, -0.2) is 0 Å². The van der Waals surface area contributed by atoms with Crippen molar-refractivity contribution in [3.8, 4) is 5.75 Å². The SMILES string of the molecule is CC(CCNC(=O)c1cc(O)ccc1Cl)CCC(=O)O. The van der Waals surface area contributed by atoms with Gasteiger partial charge in [0, 0.05) is 13.0 Å². The molecule has 0 saturated heterocycles. The Morgan fingerprint density at radius 1 is 1.35 bits per heavy atom. The molecule has 0 spiro atoms. The van der Waals surface area contributed by atoms with E-state index in [-0.39, 0.29) is 34.6 Å². The van der Waals surface area contributed by atoms with Gasteiger partial charge in [0.1, 0.15) is 5.75 Å². The van der Waals surface area contributed by atoms with Crippen molar-refractivity contribution in [1.82, 2.24) is 5.32 Å². The molecule has 1 aromatic rings. The predicted molar refractivity (Wildman–Crippen MR) is 76.1 cm³/mol. The molecule has 1 aromatic carbocycles. The summed E-state index contributed by atoms with van der Waals surface area (Å²) >= 11 is 5.88. The van der Waals surface area contributed by atoms with Gasteiger partial charge in [0.2, 0.25) is 0 Å². The van der Waals surface area contributed by atoms with E-state index in [1.807, 2.05) is 6.92 Å². The molecule has 1 amide bonds. The van der Waals surface area contributed by atoms with E-state index in [1.54, 1.807) is 0 Å². The van der Waals surface area contributed by atoms with Crippen molar-refractivity contribution >= 4 is 23.5 Å². The fourth-order valence-corrected chi connectivity index (χ4v) is 1.93. The number of amides is 1. The molecule has 1 unspecified atom stereocenters. The van der Waals surface area contributed by atoms with Crippen molar-refractivity contribution in [1.29, 1.82) is 0 Å². The monoisotopic (exact) mass is 299 g/mol.